The van der Waals surface area contributed by atoms with E-state index in [9.17, 15) is 4.79 Å². The van der Waals surface area contributed by atoms with Crippen molar-refractivity contribution in [2.75, 3.05) is 14.2 Å². The normalized spacial score (nSPS) is 10.7. The molecule has 0 saturated carbocycles. The number of hydrogen-bond donors (Lipinski definition) is 1. The fourth-order valence-corrected chi connectivity index (χ4v) is 2.69. The molecule has 0 radical (unpaired) electrons. The van der Waals surface area contributed by atoms with Gasteiger partial charge in [0, 0.05) is 12.1 Å². The molecule has 2 aromatic heterocycles. The summed E-state index contributed by atoms with van der Waals surface area (Å²) in [6.45, 7) is 0. The summed E-state index contributed by atoms with van der Waals surface area (Å²) in [5.41, 5.74) is 0.325. The molecule has 0 saturated heterocycles. The Morgan fingerprint density at radius 2 is 2.10 bits per heavy atom. The highest BCUT2D eigenvalue weighted by molar-refractivity contribution is 7.13. The molecule has 1 aromatic carbocycles. The third-order valence-corrected chi connectivity index (χ3v) is 3.83. The van der Waals surface area contributed by atoms with Crippen molar-refractivity contribution < 1.29 is 9.47 Å². The second-order valence-corrected chi connectivity index (χ2v) is 5.06. The number of methoxy groups -OCH3 is 2. The van der Waals surface area contributed by atoms with Gasteiger partial charge in [0.25, 0.3) is 5.56 Å². The number of nitrogens with zero attached hydrogens (tertiary/aromatic N) is 1. The minimum atomic E-state index is -0.224. The summed E-state index contributed by atoms with van der Waals surface area (Å²) in [7, 11) is 3.08. The molecule has 2 heterocycles. The number of hydrogen-bond acceptors (Lipinski definition) is 5. The van der Waals surface area contributed by atoms with Crippen LogP contribution >= 0.6 is 11.3 Å². The Balaban J connectivity index is 2.33. The highest BCUT2D eigenvalue weighted by atomic mass is 32.1. The third-order valence-electron chi connectivity index (χ3n) is 2.96. The molecule has 5 nitrogen and oxygen atoms in total. The van der Waals surface area contributed by atoms with Gasteiger partial charge < -0.3 is 14.5 Å². The minimum Gasteiger partial charge on any atom is -0.497 e. The summed E-state index contributed by atoms with van der Waals surface area (Å²) in [4.78, 5) is 20.4. The van der Waals surface area contributed by atoms with Crippen LogP contribution in [0.4, 0.5) is 0 Å². The molecule has 0 atom stereocenters. The van der Waals surface area contributed by atoms with Crippen molar-refractivity contribution in [1.29, 1.82) is 0 Å². The van der Waals surface area contributed by atoms with Gasteiger partial charge in [-0.05, 0) is 11.4 Å². The molecule has 0 aliphatic carbocycles. The molecule has 0 fully saturated rings. The molecule has 6 heteroatoms. The Morgan fingerprint density at radius 3 is 2.75 bits per heavy atom. The quantitative estimate of drug-likeness (QED) is 0.804. The summed E-state index contributed by atoms with van der Waals surface area (Å²) >= 11 is 1.52. The molecule has 0 bridgehead atoms. The van der Waals surface area contributed by atoms with Crippen molar-refractivity contribution in [2.45, 2.75) is 0 Å². The molecule has 0 aliphatic rings. The predicted octanol–water partition coefficient (Wildman–Crippen LogP) is 2.67. The van der Waals surface area contributed by atoms with E-state index in [0.717, 1.165) is 4.88 Å². The number of benzene rings is 1. The Kier molecular flexibility index (Phi) is 3.15. The van der Waals surface area contributed by atoms with Gasteiger partial charge in [0.15, 0.2) is 5.82 Å². The van der Waals surface area contributed by atoms with Gasteiger partial charge in [0.05, 0.1) is 24.6 Å². The van der Waals surface area contributed by atoms with Gasteiger partial charge >= 0.3 is 0 Å². The summed E-state index contributed by atoms with van der Waals surface area (Å²) in [5, 5.41) is 2.36. The van der Waals surface area contributed by atoms with Crippen molar-refractivity contribution >= 4 is 22.2 Å². The van der Waals surface area contributed by atoms with Crippen molar-refractivity contribution in [1.82, 2.24) is 9.97 Å². The maximum absolute atomic E-state index is 12.3. The number of aromatic nitrogens is 2. The van der Waals surface area contributed by atoms with Crippen molar-refractivity contribution in [3.8, 4) is 22.2 Å². The smallest absolute Gasteiger partial charge is 0.262 e. The van der Waals surface area contributed by atoms with E-state index < -0.39 is 0 Å². The van der Waals surface area contributed by atoms with Crippen LogP contribution in [0.15, 0.2) is 34.4 Å². The zero-order chi connectivity index (χ0) is 14.1. The number of nitrogens with one attached hydrogen (secondary N) is 1. The summed E-state index contributed by atoms with van der Waals surface area (Å²) < 4.78 is 10.4. The van der Waals surface area contributed by atoms with Crippen LogP contribution < -0.4 is 15.0 Å². The molecule has 0 spiro atoms. The predicted molar refractivity (Wildman–Crippen MR) is 78.8 cm³/mol. The zero-order valence-corrected chi connectivity index (χ0v) is 11.8. The first-order valence-electron chi connectivity index (χ1n) is 5.93. The Labute approximate surface area is 118 Å². The Morgan fingerprint density at radius 1 is 1.25 bits per heavy atom. The van der Waals surface area contributed by atoms with E-state index in [1.54, 1.807) is 19.2 Å². The monoisotopic (exact) mass is 288 g/mol. The molecule has 20 heavy (non-hydrogen) atoms. The van der Waals surface area contributed by atoms with E-state index in [2.05, 4.69) is 9.97 Å². The van der Waals surface area contributed by atoms with Crippen molar-refractivity contribution in [3.05, 3.63) is 40.0 Å². The lowest BCUT2D eigenvalue weighted by Gasteiger charge is -2.08. The number of thiophene rings is 1. The van der Waals surface area contributed by atoms with Gasteiger partial charge in [-0.15, -0.1) is 11.3 Å². The second kappa shape index (κ2) is 4.97. The van der Waals surface area contributed by atoms with Gasteiger partial charge in [-0.2, -0.15) is 0 Å². The number of ether oxygens (including phenoxy) is 2. The van der Waals surface area contributed by atoms with E-state index in [0.29, 0.717) is 28.2 Å². The maximum Gasteiger partial charge on any atom is 0.262 e. The SMILES string of the molecule is COc1cc(OC)c2c(=O)[nH]c(-c3cccs3)nc2c1. The van der Waals surface area contributed by atoms with E-state index in [4.69, 9.17) is 9.47 Å². The van der Waals surface area contributed by atoms with Crippen molar-refractivity contribution in [2.24, 2.45) is 0 Å². The number of H-pyrrole nitrogens is 1. The highest BCUT2D eigenvalue weighted by Crippen LogP contribution is 2.29. The van der Waals surface area contributed by atoms with Gasteiger partial charge in [-0.25, -0.2) is 4.98 Å². The van der Waals surface area contributed by atoms with Crippen LogP contribution in [-0.4, -0.2) is 24.2 Å². The van der Waals surface area contributed by atoms with Gasteiger partial charge in [-0.1, -0.05) is 6.07 Å². The highest BCUT2D eigenvalue weighted by Gasteiger charge is 2.13. The number of aromatic amines is 1. The number of rotatable bonds is 3. The second-order valence-electron chi connectivity index (χ2n) is 4.12. The average Bonchev–Trinajstić information content (AvgIpc) is 2.99. The molecule has 0 unspecified atom stereocenters. The first-order chi connectivity index (χ1) is 9.72. The third kappa shape index (κ3) is 2.04. The van der Waals surface area contributed by atoms with Crippen LogP contribution in [0.1, 0.15) is 0 Å². The van der Waals surface area contributed by atoms with E-state index in [-0.39, 0.29) is 5.56 Å². The topological polar surface area (TPSA) is 64.2 Å². The molecule has 3 rings (SSSR count). The van der Waals surface area contributed by atoms with E-state index >= 15 is 0 Å². The van der Waals surface area contributed by atoms with Gasteiger partial charge in [0.2, 0.25) is 0 Å². The molecule has 0 aliphatic heterocycles. The molecule has 0 amide bonds. The zero-order valence-electron chi connectivity index (χ0n) is 11.0. The number of fused-ring (bicyclic) bond motifs is 1. The first-order valence-corrected chi connectivity index (χ1v) is 6.81. The van der Waals surface area contributed by atoms with Crippen LogP contribution in [0.5, 0.6) is 11.5 Å². The molecule has 3 aromatic rings. The van der Waals surface area contributed by atoms with E-state index in [1.807, 2.05) is 17.5 Å². The van der Waals surface area contributed by atoms with Gasteiger partial charge in [-0.3, -0.25) is 4.79 Å². The Bertz CT molecular complexity index is 809. The van der Waals surface area contributed by atoms with Crippen LogP contribution in [0.2, 0.25) is 0 Å². The summed E-state index contributed by atoms with van der Waals surface area (Å²) in [5.74, 6) is 1.60. The van der Waals surface area contributed by atoms with E-state index in [1.165, 1.54) is 18.4 Å². The minimum absolute atomic E-state index is 0.224. The van der Waals surface area contributed by atoms with Crippen LogP contribution in [0.25, 0.3) is 21.6 Å². The fourth-order valence-electron chi connectivity index (χ4n) is 2.02. The molecule has 102 valence electrons. The standard InChI is InChI=1S/C14H12N2O3S/c1-18-8-6-9-12(10(7-8)19-2)14(17)16-13(15-9)11-4-3-5-20-11/h3-7H,1-2H3,(H,15,16,17). The average molecular weight is 288 g/mol. The summed E-state index contributed by atoms with van der Waals surface area (Å²) in [6, 6.07) is 7.22. The van der Waals surface area contributed by atoms with Crippen LogP contribution in [0.3, 0.4) is 0 Å². The maximum atomic E-state index is 12.3. The fraction of sp³-hybridized carbons (Fsp3) is 0.143. The summed E-state index contributed by atoms with van der Waals surface area (Å²) in [6.07, 6.45) is 0. The molecular formula is C14H12N2O3S. The Hall–Kier alpha value is -2.34. The molecular weight excluding hydrogens is 276 g/mol. The lowest BCUT2D eigenvalue weighted by molar-refractivity contribution is 0.397. The lowest BCUT2D eigenvalue weighted by atomic mass is 10.2. The largest absolute Gasteiger partial charge is 0.497 e. The van der Waals surface area contributed by atoms with Crippen LogP contribution in [0, 0.1) is 0 Å². The van der Waals surface area contributed by atoms with Crippen LogP contribution in [-0.2, 0) is 0 Å². The molecule has 1 N–H and O–H groups in total. The lowest BCUT2D eigenvalue weighted by Crippen LogP contribution is -2.10. The van der Waals surface area contributed by atoms with Crippen molar-refractivity contribution in [3.63, 3.8) is 0 Å². The van der Waals surface area contributed by atoms with Gasteiger partial charge in [0.1, 0.15) is 16.9 Å². The first kappa shape index (κ1) is 12.7.